The first kappa shape index (κ1) is 15.0. The Bertz CT molecular complexity index is 883. The van der Waals surface area contributed by atoms with Gasteiger partial charge in [-0.3, -0.25) is 5.41 Å². The summed E-state index contributed by atoms with van der Waals surface area (Å²) in [6.07, 6.45) is 1.39. The highest BCUT2D eigenvalue weighted by Crippen LogP contribution is 2.24. The van der Waals surface area contributed by atoms with Gasteiger partial charge in [0.2, 0.25) is 0 Å². The zero-order valence-electron chi connectivity index (χ0n) is 13.2. The maximum absolute atomic E-state index is 8.52. The molecule has 0 aliphatic rings. The van der Waals surface area contributed by atoms with E-state index in [-0.39, 0.29) is 17.6 Å². The molecule has 0 aliphatic heterocycles. The molecule has 0 saturated heterocycles. The van der Waals surface area contributed by atoms with Crippen molar-refractivity contribution in [2.45, 2.75) is 26.8 Å². The zero-order chi connectivity index (χ0) is 16.6. The van der Waals surface area contributed by atoms with Gasteiger partial charge in [-0.1, -0.05) is 0 Å². The number of rotatable bonds is 4. The van der Waals surface area contributed by atoms with Crippen molar-refractivity contribution >= 4 is 28.4 Å². The standard InChI is InChI=1S/C16H18N6O/c1-8(2)21-16-13(15(18)19-7-20-16)14(17)10-4-5-12-11(6-10)22-9(3)23-12/h4-8,17H,1-3H3,(H3,18,19,20,21). The molecular formula is C16H18N6O. The summed E-state index contributed by atoms with van der Waals surface area (Å²) in [5.74, 6) is 1.41. The normalized spacial score (nSPS) is 11.1. The van der Waals surface area contributed by atoms with Gasteiger partial charge in [0.25, 0.3) is 0 Å². The predicted molar refractivity (Wildman–Crippen MR) is 89.9 cm³/mol. The number of anilines is 2. The molecule has 1 aromatic carbocycles. The Balaban J connectivity index is 2.07. The first-order valence-electron chi connectivity index (χ1n) is 7.29. The van der Waals surface area contributed by atoms with E-state index in [1.54, 1.807) is 25.1 Å². The molecule has 3 rings (SSSR count). The Morgan fingerprint density at radius 1 is 1.30 bits per heavy atom. The molecule has 118 valence electrons. The van der Waals surface area contributed by atoms with Crippen LogP contribution in [0.3, 0.4) is 0 Å². The van der Waals surface area contributed by atoms with Crippen LogP contribution in [0.5, 0.6) is 0 Å². The van der Waals surface area contributed by atoms with Gasteiger partial charge in [-0.2, -0.15) is 0 Å². The molecule has 3 aromatic rings. The number of nitrogens with one attached hydrogen (secondary N) is 2. The minimum Gasteiger partial charge on any atom is -0.441 e. The molecule has 0 bridgehead atoms. The molecule has 0 amide bonds. The highest BCUT2D eigenvalue weighted by atomic mass is 16.3. The van der Waals surface area contributed by atoms with Crippen LogP contribution in [-0.4, -0.2) is 26.7 Å². The van der Waals surface area contributed by atoms with Crippen molar-refractivity contribution in [3.05, 3.63) is 41.5 Å². The fraction of sp³-hybridized carbons (Fsp3) is 0.250. The molecule has 2 heterocycles. The number of aromatic nitrogens is 3. The number of benzene rings is 1. The van der Waals surface area contributed by atoms with Crippen LogP contribution in [0.15, 0.2) is 28.9 Å². The van der Waals surface area contributed by atoms with Crippen molar-refractivity contribution < 1.29 is 4.42 Å². The zero-order valence-corrected chi connectivity index (χ0v) is 13.2. The fourth-order valence-electron chi connectivity index (χ4n) is 2.37. The maximum atomic E-state index is 8.52. The Hall–Kier alpha value is -2.96. The van der Waals surface area contributed by atoms with Gasteiger partial charge in [0.1, 0.15) is 23.5 Å². The number of fused-ring (bicyclic) bond motifs is 1. The van der Waals surface area contributed by atoms with Crippen molar-refractivity contribution in [3.8, 4) is 0 Å². The van der Waals surface area contributed by atoms with Crippen LogP contribution in [-0.2, 0) is 0 Å². The summed E-state index contributed by atoms with van der Waals surface area (Å²) >= 11 is 0. The van der Waals surface area contributed by atoms with Gasteiger partial charge < -0.3 is 15.5 Å². The van der Waals surface area contributed by atoms with Crippen molar-refractivity contribution in [1.29, 1.82) is 5.41 Å². The van der Waals surface area contributed by atoms with Crippen molar-refractivity contribution in [2.24, 2.45) is 0 Å². The molecule has 2 aromatic heterocycles. The van der Waals surface area contributed by atoms with E-state index in [1.165, 1.54) is 6.33 Å². The predicted octanol–water partition coefficient (Wildman–Crippen LogP) is 2.74. The Labute approximate surface area is 133 Å². The molecule has 0 aliphatic carbocycles. The van der Waals surface area contributed by atoms with Gasteiger partial charge in [0, 0.05) is 18.5 Å². The third kappa shape index (κ3) is 2.85. The second-order valence-electron chi connectivity index (χ2n) is 5.57. The lowest BCUT2D eigenvalue weighted by Crippen LogP contribution is -2.17. The Morgan fingerprint density at radius 3 is 2.83 bits per heavy atom. The number of nitrogen functional groups attached to an aromatic ring is 1. The third-order valence-corrected chi connectivity index (χ3v) is 3.34. The molecule has 7 heteroatoms. The van der Waals surface area contributed by atoms with Crippen LogP contribution in [0.4, 0.5) is 11.6 Å². The summed E-state index contributed by atoms with van der Waals surface area (Å²) in [7, 11) is 0. The molecule has 0 spiro atoms. The number of oxazole rings is 1. The van der Waals surface area contributed by atoms with Crippen LogP contribution in [0.2, 0.25) is 0 Å². The van der Waals surface area contributed by atoms with E-state index in [4.69, 9.17) is 15.6 Å². The summed E-state index contributed by atoms with van der Waals surface area (Å²) in [6, 6.07) is 5.58. The molecule has 0 atom stereocenters. The largest absolute Gasteiger partial charge is 0.441 e. The summed E-state index contributed by atoms with van der Waals surface area (Å²) in [5.41, 5.74) is 8.80. The number of aryl methyl sites for hydroxylation is 1. The number of nitrogens with two attached hydrogens (primary N) is 1. The molecule has 23 heavy (non-hydrogen) atoms. The molecule has 0 saturated carbocycles. The van der Waals surface area contributed by atoms with Gasteiger partial charge in [-0.15, -0.1) is 0 Å². The van der Waals surface area contributed by atoms with E-state index in [0.717, 1.165) is 0 Å². The van der Waals surface area contributed by atoms with Crippen LogP contribution in [0.25, 0.3) is 11.1 Å². The smallest absolute Gasteiger partial charge is 0.192 e. The molecule has 0 radical (unpaired) electrons. The molecule has 7 nitrogen and oxygen atoms in total. The lowest BCUT2D eigenvalue weighted by Gasteiger charge is -2.15. The van der Waals surface area contributed by atoms with Crippen molar-refractivity contribution in [3.63, 3.8) is 0 Å². The lowest BCUT2D eigenvalue weighted by atomic mass is 10.0. The lowest BCUT2D eigenvalue weighted by molar-refractivity contribution is 0.561. The van der Waals surface area contributed by atoms with E-state index in [9.17, 15) is 0 Å². The van der Waals surface area contributed by atoms with E-state index >= 15 is 0 Å². The van der Waals surface area contributed by atoms with Crippen LogP contribution < -0.4 is 11.1 Å². The fourth-order valence-corrected chi connectivity index (χ4v) is 2.37. The SMILES string of the molecule is Cc1nc2cc(C(=N)c3c(N)ncnc3NC(C)C)ccc2o1. The summed E-state index contributed by atoms with van der Waals surface area (Å²) in [5, 5.41) is 11.7. The van der Waals surface area contributed by atoms with Gasteiger partial charge in [0.15, 0.2) is 11.5 Å². The monoisotopic (exact) mass is 310 g/mol. The minimum atomic E-state index is 0.163. The Morgan fingerprint density at radius 2 is 2.09 bits per heavy atom. The highest BCUT2D eigenvalue weighted by molar-refractivity contribution is 6.17. The van der Waals surface area contributed by atoms with Gasteiger partial charge in [-0.25, -0.2) is 15.0 Å². The molecule has 0 fully saturated rings. The van der Waals surface area contributed by atoms with Crippen LogP contribution in [0, 0.1) is 12.3 Å². The summed E-state index contributed by atoms with van der Waals surface area (Å²) < 4.78 is 5.47. The topological polar surface area (TPSA) is 114 Å². The van der Waals surface area contributed by atoms with Crippen LogP contribution >= 0.6 is 0 Å². The first-order chi connectivity index (χ1) is 11.0. The van der Waals surface area contributed by atoms with Crippen LogP contribution in [0.1, 0.15) is 30.9 Å². The molecule has 0 unspecified atom stereocenters. The van der Waals surface area contributed by atoms with E-state index in [0.29, 0.717) is 33.9 Å². The van der Waals surface area contributed by atoms with Gasteiger partial charge in [-0.05, 0) is 32.0 Å². The second kappa shape index (κ2) is 5.68. The highest BCUT2D eigenvalue weighted by Gasteiger charge is 2.17. The molecular weight excluding hydrogens is 292 g/mol. The third-order valence-electron chi connectivity index (χ3n) is 3.34. The summed E-state index contributed by atoms with van der Waals surface area (Å²) in [6.45, 7) is 5.78. The maximum Gasteiger partial charge on any atom is 0.192 e. The van der Waals surface area contributed by atoms with Gasteiger partial charge >= 0.3 is 0 Å². The molecule has 4 N–H and O–H groups in total. The Kier molecular flexibility index (Phi) is 3.69. The quantitative estimate of drug-likeness (QED) is 0.638. The van der Waals surface area contributed by atoms with Crippen molar-refractivity contribution in [1.82, 2.24) is 15.0 Å². The van der Waals surface area contributed by atoms with E-state index in [2.05, 4.69) is 20.3 Å². The van der Waals surface area contributed by atoms with E-state index in [1.807, 2.05) is 13.8 Å². The first-order valence-corrected chi connectivity index (χ1v) is 7.29. The number of hydrogen-bond acceptors (Lipinski definition) is 7. The number of nitrogens with zero attached hydrogens (tertiary/aromatic N) is 3. The second-order valence-corrected chi connectivity index (χ2v) is 5.57. The van der Waals surface area contributed by atoms with E-state index < -0.39 is 0 Å². The minimum absolute atomic E-state index is 0.163. The van der Waals surface area contributed by atoms with Crippen molar-refractivity contribution in [2.75, 3.05) is 11.1 Å². The average Bonchev–Trinajstić information content (AvgIpc) is 2.85. The number of hydrogen-bond donors (Lipinski definition) is 3. The average molecular weight is 310 g/mol. The van der Waals surface area contributed by atoms with Gasteiger partial charge in [0.05, 0.1) is 11.3 Å². The summed E-state index contributed by atoms with van der Waals surface area (Å²) in [4.78, 5) is 12.5.